The fourth-order valence-corrected chi connectivity index (χ4v) is 1.91. The van der Waals surface area contributed by atoms with E-state index in [1.165, 1.54) is 17.0 Å². The molecule has 0 aromatic heterocycles. The van der Waals surface area contributed by atoms with Crippen molar-refractivity contribution >= 4 is 6.03 Å². The van der Waals surface area contributed by atoms with Crippen molar-refractivity contribution in [3.63, 3.8) is 0 Å². The van der Waals surface area contributed by atoms with E-state index in [1.54, 1.807) is 26.1 Å². The van der Waals surface area contributed by atoms with E-state index in [2.05, 4.69) is 5.32 Å². The van der Waals surface area contributed by atoms with Gasteiger partial charge in [0.15, 0.2) is 0 Å². The van der Waals surface area contributed by atoms with E-state index in [9.17, 15) is 9.18 Å². The van der Waals surface area contributed by atoms with Gasteiger partial charge in [-0.2, -0.15) is 0 Å². The maximum atomic E-state index is 13.0. The summed E-state index contributed by atoms with van der Waals surface area (Å²) in [5.41, 5.74) is 0.930. The van der Waals surface area contributed by atoms with Gasteiger partial charge in [-0.05, 0) is 38.7 Å². The van der Waals surface area contributed by atoms with Crippen LogP contribution >= 0.6 is 0 Å². The number of nitrogens with zero attached hydrogens (tertiary/aromatic N) is 2. The van der Waals surface area contributed by atoms with Gasteiger partial charge in [-0.25, -0.2) is 9.18 Å². The molecule has 0 bridgehead atoms. The number of halogens is 1. The number of likely N-dealkylation sites (N-methyl/N-ethyl adjacent to an activating group) is 2. The number of aliphatic hydroxyl groups excluding tert-OH is 1. The molecule has 2 unspecified atom stereocenters. The second-order valence-corrected chi connectivity index (χ2v) is 5.36. The molecule has 2 atom stereocenters. The molecule has 1 aromatic carbocycles. The summed E-state index contributed by atoms with van der Waals surface area (Å²) < 4.78 is 13.0. The first-order chi connectivity index (χ1) is 9.86. The van der Waals surface area contributed by atoms with Crippen molar-refractivity contribution in [2.75, 3.05) is 34.3 Å². The molecule has 2 N–H and O–H groups in total. The van der Waals surface area contributed by atoms with Crippen LogP contribution in [0.3, 0.4) is 0 Å². The normalized spacial score (nSPS) is 13.9. The minimum atomic E-state index is -0.281. The summed E-state index contributed by atoms with van der Waals surface area (Å²) in [4.78, 5) is 15.4. The average Bonchev–Trinajstić information content (AvgIpc) is 2.47. The second kappa shape index (κ2) is 7.95. The molecule has 0 radical (unpaired) electrons. The highest BCUT2D eigenvalue weighted by atomic mass is 19.1. The zero-order valence-corrected chi connectivity index (χ0v) is 13.0. The number of amides is 2. The predicted molar refractivity (Wildman–Crippen MR) is 80.5 cm³/mol. The smallest absolute Gasteiger partial charge is 0.317 e. The van der Waals surface area contributed by atoms with Gasteiger partial charge in [-0.1, -0.05) is 12.1 Å². The van der Waals surface area contributed by atoms with Crippen LogP contribution < -0.4 is 5.32 Å². The van der Waals surface area contributed by atoms with Crippen LogP contribution in [0.25, 0.3) is 0 Å². The number of hydrogen-bond acceptors (Lipinski definition) is 3. The van der Waals surface area contributed by atoms with Gasteiger partial charge in [0.25, 0.3) is 0 Å². The number of benzene rings is 1. The van der Waals surface area contributed by atoms with Crippen molar-refractivity contribution in [2.24, 2.45) is 0 Å². The van der Waals surface area contributed by atoms with Gasteiger partial charge >= 0.3 is 6.03 Å². The number of urea groups is 1. The molecule has 0 aliphatic heterocycles. The number of carbonyl (C=O) groups is 1. The molecule has 1 aromatic rings. The molecule has 0 saturated carbocycles. The van der Waals surface area contributed by atoms with Crippen LogP contribution in [0.15, 0.2) is 24.3 Å². The molecule has 118 valence electrons. The Kier molecular flexibility index (Phi) is 6.58. The Morgan fingerprint density at radius 3 is 2.33 bits per heavy atom. The van der Waals surface area contributed by atoms with Crippen LogP contribution in [0.1, 0.15) is 18.5 Å². The lowest BCUT2D eigenvalue weighted by Crippen LogP contribution is -2.46. The fourth-order valence-electron chi connectivity index (χ4n) is 1.91. The van der Waals surface area contributed by atoms with E-state index >= 15 is 0 Å². The third-order valence-electron chi connectivity index (χ3n) is 3.57. The monoisotopic (exact) mass is 297 g/mol. The molecule has 0 spiro atoms. The molecule has 1 rings (SSSR count). The SMILES string of the molecule is CC(CO)N(C)C(=O)NCC(c1ccc(F)cc1)N(C)C. The van der Waals surface area contributed by atoms with Gasteiger partial charge in [-0.15, -0.1) is 0 Å². The van der Waals surface area contributed by atoms with Crippen LogP contribution in [0.4, 0.5) is 9.18 Å². The molecule has 0 aliphatic carbocycles. The Morgan fingerprint density at radius 2 is 1.86 bits per heavy atom. The zero-order chi connectivity index (χ0) is 16.0. The summed E-state index contributed by atoms with van der Waals surface area (Å²) in [5.74, 6) is -0.281. The Morgan fingerprint density at radius 1 is 1.29 bits per heavy atom. The lowest BCUT2D eigenvalue weighted by atomic mass is 10.1. The molecule has 0 aliphatic rings. The van der Waals surface area contributed by atoms with Crippen molar-refractivity contribution in [3.05, 3.63) is 35.6 Å². The molecule has 0 saturated heterocycles. The first-order valence-electron chi connectivity index (χ1n) is 6.90. The minimum absolute atomic E-state index is 0.0487. The van der Waals surface area contributed by atoms with Crippen LogP contribution in [0.2, 0.25) is 0 Å². The van der Waals surface area contributed by atoms with Crippen molar-refractivity contribution in [1.29, 1.82) is 0 Å². The first kappa shape index (κ1) is 17.4. The van der Waals surface area contributed by atoms with Crippen molar-refractivity contribution in [2.45, 2.75) is 19.0 Å². The Labute approximate surface area is 125 Å². The van der Waals surface area contributed by atoms with E-state index in [1.807, 2.05) is 19.0 Å². The quantitative estimate of drug-likeness (QED) is 0.835. The molecule has 6 heteroatoms. The summed E-state index contributed by atoms with van der Waals surface area (Å²) in [5, 5.41) is 11.9. The highest BCUT2D eigenvalue weighted by molar-refractivity contribution is 5.74. The third-order valence-corrected chi connectivity index (χ3v) is 3.57. The number of carbonyl (C=O) groups excluding carboxylic acids is 1. The molecule has 2 amide bonds. The number of nitrogens with one attached hydrogen (secondary N) is 1. The van der Waals surface area contributed by atoms with Gasteiger partial charge in [0.05, 0.1) is 18.7 Å². The Balaban J connectivity index is 2.68. The standard InChI is InChI=1S/C15H24FN3O2/c1-11(10-20)19(4)15(21)17-9-14(18(2)3)12-5-7-13(16)8-6-12/h5-8,11,14,20H,9-10H2,1-4H3,(H,17,21). The van der Waals surface area contributed by atoms with Gasteiger partial charge in [0.1, 0.15) is 5.82 Å². The third kappa shape index (κ3) is 4.99. The predicted octanol–water partition coefficient (Wildman–Crippen LogP) is 1.45. The fraction of sp³-hybridized carbons (Fsp3) is 0.533. The van der Waals surface area contributed by atoms with Crippen LogP contribution in [-0.4, -0.2) is 61.3 Å². The van der Waals surface area contributed by atoms with Crippen LogP contribution in [0.5, 0.6) is 0 Å². The van der Waals surface area contributed by atoms with Gasteiger partial charge in [-0.3, -0.25) is 0 Å². The van der Waals surface area contributed by atoms with Crippen LogP contribution in [-0.2, 0) is 0 Å². The van der Waals surface area contributed by atoms with Crippen molar-refractivity contribution < 1.29 is 14.3 Å². The molecule has 21 heavy (non-hydrogen) atoms. The summed E-state index contributed by atoms with van der Waals surface area (Å²) in [6, 6.07) is 5.71. The summed E-state index contributed by atoms with van der Waals surface area (Å²) in [7, 11) is 5.44. The van der Waals surface area contributed by atoms with E-state index in [0.717, 1.165) is 5.56 Å². The Bertz CT molecular complexity index is 451. The van der Waals surface area contributed by atoms with Gasteiger partial charge < -0.3 is 20.2 Å². The Hall–Kier alpha value is -1.66. The highest BCUT2D eigenvalue weighted by Crippen LogP contribution is 2.17. The molecular weight excluding hydrogens is 273 g/mol. The largest absolute Gasteiger partial charge is 0.394 e. The first-order valence-corrected chi connectivity index (χ1v) is 6.90. The van der Waals surface area contributed by atoms with Gasteiger partial charge in [0.2, 0.25) is 0 Å². The summed E-state index contributed by atoms with van der Waals surface area (Å²) in [6.07, 6.45) is 0. The average molecular weight is 297 g/mol. The number of rotatable bonds is 6. The van der Waals surface area contributed by atoms with E-state index in [0.29, 0.717) is 6.54 Å². The molecule has 0 heterocycles. The van der Waals surface area contributed by atoms with Crippen molar-refractivity contribution in [1.82, 2.24) is 15.1 Å². The minimum Gasteiger partial charge on any atom is -0.394 e. The molecular formula is C15H24FN3O2. The van der Waals surface area contributed by atoms with E-state index in [4.69, 9.17) is 5.11 Å². The topological polar surface area (TPSA) is 55.8 Å². The summed E-state index contributed by atoms with van der Waals surface area (Å²) in [6.45, 7) is 2.09. The van der Waals surface area contributed by atoms with Crippen LogP contribution in [0, 0.1) is 5.82 Å². The maximum absolute atomic E-state index is 13.0. The van der Waals surface area contributed by atoms with E-state index in [-0.39, 0.29) is 30.5 Å². The second-order valence-electron chi connectivity index (χ2n) is 5.36. The number of hydrogen-bond donors (Lipinski definition) is 2. The maximum Gasteiger partial charge on any atom is 0.317 e. The van der Waals surface area contributed by atoms with E-state index < -0.39 is 0 Å². The molecule has 5 nitrogen and oxygen atoms in total. The lowest BCUT2D eigenvalue weighted by molar-refractivity contribution is 0.155. The lowest BCUT2D eigenvalue weighted by Gasteiger charge is -2.28. The van der Waals surface area contributed by atoms with Crippen molar-refractivity contribution in [3.8, 4) is 0 Å². The zero-order valence-electron chi connectivity index (χ0n) is 13.0. The van der Waals surface area contributed by atoms with Gasteiger partial charge in [0, 0.05) is 13.6 Å². The summed E-state index contributed by atoms with van der Waals surface area (Å²) >= 11 is 0. The highest BCUT2D eigenvalue weighted by Gasteiger charge is 2.18. The molecule has 0 fully saturated rings. The number of aliphatic hydroxyl groups is 1.